The van der Waals surface area contributed by atoms with E-state index in [1.54, 1.807) is 11.3 Å². The molecule has 3 rings (SSSR count). The molecule has 0 radical (unpaired) electrons. The molecule has 4 heteroatoms. The summed E-state index contributed by atoms with van der Waals surface area (Å²) in [6.45, 7) is 2.09. The molecular weight excluding hydrogens is 308 g/mol. The van der Waals surface area contributed by atoms with Crippen molar-refractivity contribution in [3.63, 3.8) is 0 Å². The van der Waals surface area contributed by atoms with E-state index < -0.39 is 0 Å². The van der Waals surface area contributed by atoms with E-state index in [-0.39, 0.29) is 6.04 Å². The SMILES string of the molecule is Cc1ccc(-c2nc3c(s2)C(N)CCC3)cc1Br. The van der Waals surface area contributed by atoms with Crippen molar-refractivity contribution < 1.29 is 0 Å². The van der Waals surface area contributed by atoms with Crippen LogP contribution in [-0.4, -0.2) is 4.98 Å². The van der Waals surface area contributed by atoms with Crippen LogP contribution in [0, 0.1) is 6.92 Å². The van der Waals surface area contributed by atoms with Crippen molar-refractivity contribution in [2.24, 2.45) is 5.73 Å². The predicted molar refractivity (Wildman–Crippen MR) is 79.9 cm³/mol. The molecule has 0 amide bonds. The van der Waals surface area contributed by atoms with Crippen LogP contribution in [0.15, 0.2) is 22.7 Å². The van der Waals surface area contributed by atoms with Crippen LogP contribution in [0.5, 0.6) is 0 Å². The fraction of sp³-hybridized carbons (Fsp3) is 0.357. The molecule has 18 heavy (non-hydrogen) atoms. The van der Waals surface area contributed by atoms with E-state index in [1.165, 1.54) is 21.7 Å². The molecule has 1 aliphatic rings. The van der Waals surface area contributed by atoms with E-state index in [1.807, 2.05) is 0 Å². The molecule has 0 saturated carbocycles. The van der Waals surface area contributed by atoms with Gasteiger partial charge in [-0.3, -0.25) is 0 Å². The molecule has 94 valence electrons. The number of nitrogens with zero attached hydrogens (tertiary/aromatic N) is 1. The van der Waals surface area contributed by atoms with Gasteiger partial charge in [-0.05, 0) is 37.8 Å². The van der Waals surface area contributed by atoms with Crippen LogP contribution in [0.4, 0.5) is 0 Å². The van der Waals surface area contributed by atoms with Crippen LogP contribution in [0.1, 0.15) is 35.0 Å². The summed E-state index contributed by atoms with van der Waals surface area (Å²) in [6.07, 6.45) is 3.33. The van der Waals surface area contributed by atoms with Gasteiger partial charge in [0, 0.05) is 21.0 Å². The molecule has 2 N–H and O–H groups in total. The summed E-state index contributed by atoms with van der Waals surface area (Å²) in [5.41, 5.74) is 9.79. The van der Waals surface area contributed by atoms with E-state index in [9.17, 15) is 0 Å². The highest BCUT2D eigenvalue weighted by Gasteiger charge is 2.22. The van der Waals surface area contributed by atoms with Crippen molar-refractivity contribution in [2.75, 3.05) is 0 Å². The second-order valence-electron chi connectivity index (χ2n) is 4.79. The maximum atomic E-state index is 6.15. The van der Waals surface area contributed by atoms with Gasteiger partial charge in [-0.15, -0.1) is 11.3 Å². The lowest BCUT2D eigenvalue weighted by Gasteiger charge is -2.15. The summed E-state index contributed by atoms with van der Waals surface area (Å²) in [5, 5.41) is 1.10. The van der Waals surface area contributed by atoms with E-state index in [0.717, 1.165) is 28.7 Å². The number of aromatic nitrogens is 1. The Kier molecular flexibility index (Phi) is 3.26. The Morgan fingerprint density at radius 3 is 3.00 bits per heavy atom. The maximum absolute atomic E-state index is 6.15. The number of hydrogen-bond acceptors (Lipinski definition) is 3. The third-order valence-corrected chi connectivity index (χ3v) is 5.54. The highest BCUT2D eigenvalue weighted by Crippen LogP contribution is 2.37. The monoisotopic (exact) mass is 322 g/mol. The van der Waals surface area contributed by atoms with Gasteiger partial charge in [0.15, 0.2) is 0 Å². The number of rotatable bonds is 1. The number of aryl methyl sites for hydroxylation is 2. The van der Waals surface area contributed by atoms with Gasteiger partial charge in [-0.1, -0.05) is 28.1 Å². The van der Waals surface area contributed by atoms with Crippen LogP contribution < -0.4 is 5.73 Å². The van der Waals surface area contributed by atoms with Crippen molar-refractivity contribution in [3.05, 3.63) is 38.8 Å². The predicted octanol–water partition coefficient (Wildman–Crippen LogP) is 4.22. The summed E-state index contributed by atoms with van der Waals surface area (Å²) in [4.78, 5) is 6.05. The Hall–Kier alpha value is -0.710. The zero-order valence-corrected chi connectivity index (χ0v) is 12.6. The lowest BCUT2D eigenvalue weighted by molar-refractivity contribution is 0.573. The van der Waals surface area contributed by atoms with Crippen LogP contribution in [0.25, 0.3) is 10.6 Å². The van der Waals surface area contributed by atoms with E-state index in [0.29, 0.717) is 0 Å². The van der Waals surface area contributed by atoms with Gasteiger partial charge in [0.1, 0.15) is 5.01 Å². The van der Waals surface area contributed by atoms with Gasteiger partial charge in [-0.2, -0.15) is 0 Å². The van der Waals surface area contributed by atoms with Gasteiger partial charge in [0.2, 0.25) is 0 Å². The van der Waals surface area contributed by atoms with Crippen molar-refractivity contribution >= 4 is 27.3 Å². The molecule has 1 atom stereocenters. The second-order valence-corrected chi connectivity index (χ2v) is 6.68. The van der Waals surface area contributed by atoms with Crippen LogP contribution in [0.2, 0.25) is 0 Å². The first-order valence-corrected chi connectivity index (χ1v) is 7.78. The Bertz CT molecular complexity index is 591. The molecular formula is C14H15BrN2S. The van der Waals surface area contributed by atoms with E-state index in [4.69, 9.17) is 10.7 Å². The van der Waals surface area contributed by atoms with Crippen molar-refractivity contribution in [3.8, 4) is 10.6 Å². The summed E-state index contributed by atoms with van der Waals surface area (Å²) < 4.78 is 1.14. The smallest absolute Gasteiger partial charge is 0.123 e. The Morgan fingerprint density at radius 2 is 2.28 bits per heavy atom. The third kappa shape index (κ3) is 2.13. The molecule has 0 aliphatic heterocycles. The maximum Gasteiger partial charge on any atom is 0.123 e. The molecule has 0 spiro atoms. The first-order valence-electron chi connectivity index (χ1n) is 6.17. The molecule has 1 aliphatic carbocycles. The topological polar surface area (TPSA) is 38.9 Å². The van der Waals surface area contributed by atoms with Crippen LogP contribution in [-0.2, 0) is 6.42 Å². The van der Waals surface area contributed by atoms with Crippen molar-refractivity contribution in [1.82, 2.24) is 4.98 Å². The number of benzene rings is 1. The number of thiazole rings is 1. The lowest BCUT2D eigenvalue weighted by atomic mass is 9.99. The molecule has 1 heterocycles. The lowest BCUT2D eigenvalue weighted by Crippen LogP contribution is -2.15. The van der Waals surface area contributed by atoms with E-state index >= 15 is 0 Å². The summed E-state index contributed by atoms with van der Waals surface area (Å²) in [5.74, 6) is 0. The Labute approximate surface area is 119 Å². The number of halogens is 1. The average Bonchev–Trinajstić information content (AvgIpc) is 2.78. The summed E-state index contributed by atoms with van der Waals surface area (Å²) >= 11 is 5.33. The fourth-order valence-electron chi connectivity index (χ4n) is 2.30. The molecule has 2 nitrogen and oxygen atoms in total. The number of nitrogens with two attached hydrogens (primary N) is 1. The number of hydrogen-bond donors (Lipinski definition) is 1. The normalized spacial score (nSPS) is 18.7. The standard InChI is InChI=1S/C14H15BrN2S/c1-8-5-6-9(7-10(8)15)14-17-12-4-2-3-11(16)13(12)18-14/h5-7,11H,2-4,16H2,1H3. The van der Waals surface area contributed by atoms with E-state index in [2.05, 4.69) is 41.1 Å². The molecule has 0 fully saturated rings. The Balaban J connectivity index is 2.04. The molecule has 2 aromatic rings. The average molecular weight is 323 g/mol. The zero-order chi connectivity index (χ0) is 12.7. The van der Waals surface area contributed by atoms with Crippen LogP contribution >= 0.6 is 27.3 Å². The van der Waals surface area contributed by atoms with Gasteiger partial charge in [0.25, 0.3) is 0 Å². The molecule has 1 unspecified atom stereocenters. The summed E-state index contributed by atoms with van der Waals surface area (Å²) in [7, 11) is 0. The first kappa shape index (κ1) is 12.3. The minimum atomic E-state index is 0.189. The Morgan fingerprint density at radius 1 is 1.44 bits per heavy atom. The molecule has 1 aromatic heterocycles. The largest absolute Gasteiger partial charge is 0.323 e. The number of fused-ring (bicyclic) bond motifs is 1. The zero-order valence-electron chi connectivity index (χ0n) is 10.2. The second kappa shape index (κ2) is 4.76. The van der Waals surface area contributed by atoms with Crippen molar-refractivity contribution in [1.29, 1.82) is 0 Å². The molecule has 1 aromatic carbocycles. The van der Waals surface area contributed by atoms with Crippen molar-refractivity contribution in [2.45, 2.75) is 32.2 Å². The van der Waals surface area contributed by atoms with Gasteiger partial charge in [0.05, 0.1) is 5.69 Å². The quantitative estimate of drug-likeness (QED) is 0.853. The molecule has 0 saturated heterocycles. The molecule has 0 bridgehead atoms. The highest BCUT2D eigenvalue weighted by atomic mass is 79.9. The highest BCUT2D eigenvalue weighted by molar-refractivity contribution is 9.10. The minimum Gasteiger partial charge on any atom is -0.323 e. The van der Waals surface area contributed by atoms with Gasteiger partial charge < -0.3 is 5.73 Å². The first-order chi connectivity index (χ1) is 8.65. The third-order valence-electron chi connectivity index (χ3n) is 3.41. The van der Waals surface area contributed by atoms with Gasteiger partial charge in [-0.25, -0.2) is 4.98 Å². The summed E-state index contributed by atoms with van der Waals surface area (Å²) in [6, 6.07) is 6.59. The minimum absolute atomic E-state index is 0.189. The van der Waals surface area contributed by atoms with Crippen LogP contribution in [0.3, 0.4) is 0 Å². The fourth-order valence-corrected chi connectivity index (χ4v) is 3.82. The van der Waals surface area contributed by atoms with Gasteiger partial charge >= 0.3 is 0 Å².